The van der Waals surface area contributed by atoms with Crippen LogP contribution in [0.1, 0.15) is 33.1 Å². The fourth-order valence-corrected chi connectivity index (χ4v) is 2.44. The number of carbonyl (C=O) groups excluding carboxylic acids is 2. The summed E-state index contributed by atoms with van der Waals surface area (Å²) >= 11 is 0. The highest BCUT2D eigenvalue weighted by Crippen LogP contribution is 2.17. The number of anilines is 2. The van der Waals surface area contributed by atoms with E-state index in [1.54, 1.807) is 12.1 Å². The number of nitrogens with one attached hydrogen (secondary N) is 3. The first-order valence-electron chi connectivity index (χ1n) is 7.96. The average Bonchev–Trinajstić information content (AvgIpc) is 3.00. The van der Waals surface area contributed by atoms with E-state index in [-0.39, 0.29) is 30.1 Å². The van der Waals surface area contributed by atoms with Gasteiger partial charge >= 0.3 is 0 Å². The SMILES string of the molecule is CC(C)C(=O)Nc1ccc(NC(=O)CCC2CCNC2)cc1.Cl. The Kier molecular flexibility index (Phi) is 8.06. The van der Waals surface area contributed by atoms with Gasteiger partial charge in [-0.25, -0.2) is 0 Å². The van der Waals surface area contributed by atoms with Gasteiger partial charge in [-0.15, -0.1) is 12.4 Å². The lowest BCUT2D eigenvalue weighted by Gasteiger charge is -2.10. The van der Waals surface area contributed by atoms with Gasteiger partial charge in [0.15, 0.2) is 0 Å². The molecule has 0 radical (unpaired) electrons. The fraction of sp³-hybridized carbons (Fsp3) is 0.529. The highest BCUT2D eigenvalue weighted by molar-refractivity contribution is 5.93. The normalized spacial score (nSPS) is 16.7. The van der Waals surface area contributed by atoms with Crippen molar-refractivity contribution in [3.8, 4) is 0 Å². The smallest absolute Gasteiger partial charge is 0.226 e. The predicted octanol–water partition coefficient (Wildman–Crippen LogP) is 3.03. The minimum absolute atomic E-state index is 0. The van der Waals surface area contributed by atoms with Crippen molar-refractivity contribution in [3.05, 3.63) is 24.3 Å². The van der Waals surface area contributed by atoms with Gasteiger partial charge in [0.05, 0.1) is 0 Å². The zero-order chi connectivity index (χ0) is 15.9. The number of hydrogen-bond acceptors (Lipinski definition) is 3. The van der Waals surface area contributed by atoms with E-state index < -0.39 is 0 Å². The average molecular weight is 340 g/mol. The van der Waals surface area contributed by atoms with E-state index in [0.717, 1.165) is 37.3 Å². The Balaban J connectivity index is 0.00000264. The van der Waals surface area contributed by atoms with Crippen LogP contribution in [-0.2, 0) is 9.59 Å². The Morgan fingerprint density at radius 1 is 1.17 bits per heavy atom. The lowest BCUT2D eigenvalue weighted by Crippen LogP contribution is -2.18. The molecule has 2 rings (SSSR count). The summed E-state index contributed by atoms with van der Waals surface area (Å²) in [6.45, 7) is 5.79. The van der Waals surface area contributed by atoms with Crippen LogP contribution in [0.2, 0.25) is 0 Å². The molecule has 1 aliphatic heterocycles. The van der Waals surface area contributed by atoms with E-state index in [2.05, 4.69) is 16.0 Å². The zero-order valence-electron chi connectivity index (χ0n) is 13.7. The first-order valence-corrected chi connectivity index (χ1v) is 7.96. The molecule has 5 nitrogen and oxygen atoms in total. The van der Waals surface area contributed by atoms with Gasteiger partial charge in [0, 0.05) is 23.7 Å². The molecule has 0 aromatic heterocycles. The molecule has 0 aliphatic carbocycles. The Hall–Kier alpha value is -1.59. The van der Waals surface area contributed by atoms with Crippen molar-refractivity contribution in [2.75, 3.05) is 23.7 Å². The summed E-state index contributed by atoms with van der Waals surface area (Å²) in [5.41, 5.74) is 1.51. The summed E-state index contributed by atoms with van der Waals surface area (Å²) in [5, 5.41) is 9.03. The molecule has 1 atom stereocenters. The molecule has 128 valence electrons. The first-order chi connectivity index (χ1) is 10.5. The van der Waals surface area contributed by atoms with Crippen LogP contribution in [0, 0.1) is 11.8 Å². The summed E-state index contributed by atoms with van der Waals surface area (Å²) in [4.78, 5) is 23.5. The van der Waals surface area contributed by atoms with Gasteiger partial charge in [-0.1, -0.05) is 13.8 Å². The van der Waals surface area contributed by atoms with Crippen molar-refractivity contribution in [1.29, 1.82) is 0 Å². The number of amides is 2. The minimum atomic E-state index is -0.0514. The highest BCUT2D eigenvalue weighted by Gasteiger charge is 2.15. The van der Waals surface area contributed by atoms with Gasteiger partial charge in [-0.2, -0.15) is 0 Å². The summed E-state index contributed by atoms with van der Waals surface area (Å²) < 4.78 is 0. The van der Waals surface area contributed by atoms with Crippen LogP contribution in [0.25, 0.3) is 0 Å². The molecule has 1 unspecified atom stereocenters. The summed E-state index contributed by atoms with van der Waals surface area (Å²) in [7, 11) is 0. The molecule has 0 bridgehead atoms. The van der Waals surface area contributed by atoms with Crippen LogP contribution in [0.5, 0.6) is 0 Å². The van der Waals surface area contributed by atoms with E-state index in [1.165, 1.54) is 0 Å². The van der Waals surface area contributed by atoms with Gasteiger partial charge in [0.2, 0.25) is 11.8 Å². The second-order valence-corrected chi connectivity index (χ2v) is 6.17. The van der Waals surface area contributed by atoms with Gasteiger partial charge in [0.1, 0.15) is 0 Å². The topological polar surface area (TPSA) is 70.2 Å². The summed E-state index contributed by atoms with van der Waals surface area (Å²) in [6, 6.07) is 7.23. The van der Waals surface area contributed by atoms with Crippen LogP contribution in [0.3, 0.4) is 0 Å². The number of carbonyl (C=O) groups is 2. The van der Waals surface area contributed by atoms with E-state index in [9.17, 15) is 9.59 Å². The number of rotatable bonds is 6. The van der Waals surface area contributed by atoms with E-state index in [1.807, 2.05) is 26.0 Å². The van der Waals surface area contributed by atoms with Crippen molar-refractivity contribution < 1.29 is 9.59 Å². The maximum atomic E-state index is 11.9. The molecular weight excluding hydrogens is 314 g/mol. The molecule has 1 saturated heterocycles. The van der Waals surface area contributed by atoms with Gasteiger partial charge in [-0.3, -0.25) is 9.59 Å². The van der Waals surface area contributed by atoms with Crippen LogP contribution in [0.15, 0.2) is 24.3 Å². The molecule has 1 aliphatic rings. The molecule has 1 heterocycles. The lowest BCUT2D eigenvalue weighted by molar-refractivity contribution is -0.119. The number of halogens is 1. The monoisotopic (exact) mass is 339 g/mol. The Morgan fingerprint density at radius 2 is 1.78 bits per heavy atom. The molecule has 6 heteroatoms. The largest absolute Gasteiger partial charge is 0.326 e. The lowest BCUT2D eigenvalue weighted by atomic mass is 10.0. The van der Waals surface area contributed by atoms with Gasteiger partial charge in [0.25, 0.3) is 0 Å². The molecule has 2 amide bonds. The maximum Gasteiger partial charge on any atom is 0.226 e. The van der Waals surface area contributed by atoms with Crippen molar-refractivity contribution in [2.45, 2.75) is 33.1 Å². The Bertz CT molecular complexity index is 511. The predicted molar refractivity (Wildman–Crippen MR) is 96.0 cm³/mol. The summed E-state index contributed by atoms with van der Waals surface area (Å²) in [5.74, 6) is 0.608. The Labute approximate surface area is 144 Å². The van der Waals surface area contributed by atoms with Crippen molar-refractivity contribution in [1.82, 2.24) is 5.32 Å². The first kappa shape index (κ1) is 19.5. The van der Waals surface area contributed by atoms with Crippen LogP contribution in [-0.4, -0.2) is 24.9 Å². The molecule has 0 saturated carbocycles. The highest BCUT2D eigenvalue weighted by atomic mass is 35.5. The van der Waals surface area contributed by atoms with E-state index >= 15 is 0 Å². The fourth-order valence-electron chi connectivity index (χ4n) is 2.44. The number of hydrogen-bond donors (Lipinski definition) is 3. The molecule has 23 heavy (non-hydrogen) atoms. The molecular formula is C17H26ClN3O2. The second kappa shape index (κ2) is 9.53. The molecule has 1 aromatic rings. The third kappa shape index (κ3) is 6.59. The van der Waals surface area contributed by atoms with Crippen LogP contribution < -0.4 is 16.0 Å². The molecule has 3 N–H and O–H groups in total. The van der Waals surface area contributed by atoms with Crippen molar-refractivity contribution in [2.24, 2.45) is 11.8 Å². The van der Waals surface area contributed by atoms with Crippen LogP contribution in [0.4, 0.5) is 11.4 Å². The standard InChI is InChI=1S/C17H25N3O2.ClH/c1-12(2)17(22)20-15-6-4-14(5-7-15)19-16(21)8-3-13-9-10-18-11-13;/h4-7,12-13,18H,3,8-11H2,1-2H3,(H,19,21)(H,20,22);1H. The maximum absolute atomic E-state index is 11.9. The van der Waals surface area contributed by atoms with E-state index in [0.29, 0.717) is 12.3 Å². The number of benzene rings is 1. The van der Waals surface area contributed by atoms with Gasteiger partial charge in [-0.05, 0) is 56.1 Å². The van der Waals surface area contributed by atoms with E-state index in [4.69, 9.17) is 0 Å². The third-order valence-electron chi connectivity index (χ3n) is 3.90. The van der Waals surface area contributed by atoms with Crippen molar-refractivity contribution in [3.63, 3.8) is 0 Å². The molecule has 0 spiro atoms. The third-order valence-corrected chi connectivity index (χ3v) is 3.90. The molecule has 1 aromatic carbocycles. The van der Waals surface area contributed by atoms with Gasteiger partial charge < -0.3 is 16.0 Å². The second-order valence-electron chi connectivity index (χ2n) is 6.17. The van der Waals surface area contributed by atoms with Crippen molar-refractivity contribution >= 4 is 35.6 Å². The summed E-state index contributed by atoms with van der Waals surface area (Å²) in [6.07, 6.45) is 2.65. The zero-order valence-corrected chi connectivity index (χ0v) is 14.5. The van der Waals surface area contributed by atoms with Crippen LogP contribution >= 0.6 is 12.4 Å². The Morgan fingerprint density at radius 3 is 2.30 bits per heavy atom. The molecule has 1 fully saturated rings. The minimum Gasteiger partial charge on any atom is -0.326 e. The quantitative estimate of drug-likeness (QED) is 0.746.